The van der Waals surface area contributed by atoms with E-state index < -0.39 is 0 Å². The van der Waals surface area contributed by atoms with Crippen molar-refractivity contribution in [1.82, 2.24) is 5.32 Å². The molecule has 0 spiro atoms. The number of nitrogens with one attached hydrogen (secondary N) is 1. The number of carbonyl (C=O) groups is 1. The predicted molar refractivity (Wildman–Crippen MR) is 128 cm³/mol. The van der Waals surface area contributed by atoms with E-state index in [0.717, 1.165) is 39.8 Å². The number of aromatic hydroxyl groups is 2. The molecule has 0 saturated heterocycles. The van der Waals surface area contributed by atoms with E-state index in [-0.39, 0.29) is 16.7 Å². The molecule has 0 heterocycles. The molecule has 0 radical (unpaired) electrons. The van der Waals surface area contributed by atoms with Crippen molar-refractivity contribution in [1.29, 1.82) is 0 Å². The molecule has 4 nitrogen and oxygen atoms in total. The molecule has 4 heteroatoms. The zero-order chi connectivity index (χ0) is 23.6. The molecule has 2 rings (SSSR count). The van der Waals surface area contributed by atoms with Gasteiger partial charge in [-0.1, -0.05) is 65.8 Å². The fraction of sp³-hybridized carbons (Fsp3) is 0.519. The van der Waals surface area contributed by atoms with Gasteiger partial charge in [0.15, 0.2) is 0 Å². The molecule has 0 unspecified atom stereocenters. The number of hydrogen-bond donors (Lipinski definition) is 3. The minimum absolute atomic E-state index is 0.0231. The summed E-state index contributed by atoms with van der Waals surface area (Å²) in [6, 6.07) is 8.01. The van der Waals surface area contributed by atoms with Crippen LogP contribution in [0.2, 0.25) is 0 Å². The number of rotatable bonds is 6. The zero-order valence-electron chi connectivity index (χ0n) is 20.4. The molecule has 3 N–H and O–H groups in total. The molecule has 0 aliphatic heterocycles. The normalized spacial score (nSPS) is 12.1. The first kappa shape index (κ1) is 24.8. The summed E-state index contributed by atoms with van der Waals surface area (Å²) in [6.45, 7) is 16.9. The van der Waals surface area contributed by atoms with Gasteiger partial charge >= 0.3 is 0 Å². The summed E-state index contributed by atoms with van der Waals surface area (Å²) in [5.41, 5.74) is 5.40. The van der Waals surface area contributed by atoms with Crippen molar-refractivity contribution < 1.29 is 15.0 Å². The second-order valence-electron chi connectivity index (χ2n) is 10.7. The largest absolute Gasteiger partial charge is 0.507 e. The van der Waals surface area contributed by atoms with E-state index in [0.29, 0.717) is 30.9 Å². The molecule has 2 aromatic carbocycles. The van der Waals surface area contributed by atoms with Gasteiger partial charge in [0, 0.05) is 13.0 Å². The lowest BCUT2D eigenvalue weighted by Gasteiger charge is -2.28. The summed E-state index contributed by atoms with van der Waals surface area (Å²) in [4.78, 5) is 12.4. The van der Waals surface area contributed by atoms with E-state index in [4.69, 9.17) is 0 Å². The predicted octanol–water partition coefficient (Wildman–Crippen LogP) is 5.60. The minimum atomic E-state index is -0.178. The van der Waals surface area contributed by atoms with Gasteiger partial charge < -0.3 is 15.5 Å². The average molecular weight is 426 g/mol. The quantitative estimate of drug-likeness (QED) is 0.564. The molecule has 0 bridgehead atoms. The number of benzene rings is 2. The van der Waals surface area contributed by atoms with Crippen LogP contribution in [0.4, 0.5) is 0 Å². The van der Waals surface area contributed by atoms with Gasteiger partial charge in [0.2, 0.25) is 5.91 Å². The second kappa shape index (κ2) is 9.33. The van der Waals surface area contributed by atoms with Gasteiger partial charge in [0.05, 0.1) is 0 Å². The summed E-state index contributed by atoms with van der Waals surface area (Å²) >= 11 is 0. The van der Waals surface area contributed by atoms with E-state index in [1.807, 2.05) is 38.1 Å². The van der Waals surface area contributed by atoms with E-state index >= 15 is 0 Å². The average Bonchev–Trinajstić information content (AvgIpc) is 2.63. The third kappa shape index (κ3) is 6.49. The molecule has 2 aromatic rings. The van der Waals surface area contributed by atoms with E-state index in [1.165, 1.54) is 0 Å². The number of amides is 1. The maximum absolute atomic E-state index is 12.4. The van der Waals surface area contributed by atoms with E-state index in [2.05, 4.69) is 46.9 Å². The molecule has 0 fully saturated rings. The number of hydrogen-bond acceptors (Lipinski definition) is 3. The fourth-order valence-electron chi connectivity index (χ4n) is 3.86. The Hall–Kier alpha value is -2.49. The Balaban J connectivity index is 2.03. The Kier molecular flexibility index (Phi) is 7.46. The summed E-state index contributed by atoms with van der Waals surface area (Å²) in [5.74, 6) is 0.730. The maximum atomic E-state index is 12.4. The topological polar surface area (TPSA) is 69.6 Å². The Bertz CT molecular complexity index is 888. The highest BCUT2D eigenvalue weighted by Gasteiger charge is 2.26. The van der Waals surface area contributed by atoms with Gasteiger partial charge in [-0.2, -0.15) is 0 Å². The maximum Gasteiger partial charge on any atom is 0.220 e. The summed E-state index contributed by atoms with van der Waals surface area (Å²) in [6.07, 6.45) is 1.77. The lowest BCUT2D eigenvalue weighted by atomic mass is 9.78. The third-order valence-corrected chi connectivity index (χ3v) is 5.71. The SMILES string of the molecule is Cc1cc(CCNC(=O)CCc2cc(C(C)(C)C)c(O)c(C(C)(C)C)c2)cc(C)c1O. The van der Waals surface area contributed by atoms with E-state index in [1.54, 1.807) is 0 Å². The van der Waals surface area contributed by atoms with Crippen LogP contribution in [0.5, 0.6) is 11.5 Å². The summed E-state index contributed by atoms with van der Waals surface area (Å²) in [7, 11) is 0. The molecule has 1 amide bonds. The number of aryl methyl sites for hydroxylation is 3. The van der Waals surface area contributed by atoms with Crippen molar-refractivity contribution in [3.63, 3.8) is 0 Å². The monoisotopic (exact) mass is 425 g/mol. The van der Waals surface area contributed by atoms with Crippen LogP contribution in [-0.2, 0) is 28.5 Å². The highest BCUT2D eigenvalue weighted by Crippen LogP contribution is 2.40. The van der Waals surface area contributed by atoms with Crippen molar-refractivity contribution in [2.24, 2.45) is 0 Å². The summed E-state index contributed by atoms with van der Waals surface area (Å²) < 4.78 is 0. The highest BCUT2D eigenvalue weighted by molar-refractivity contribution is 5.76. The summed E-state index contributed by atoms with van der Waals surface area (Å²) in [5, 5.41) is 23.7. The lowest BCUT2D eigenvalue weighted by molar-refractivity contribution is -0.121. The van der Waals surface area contributed by atoms with E-state index in [9.17, 15) is 15.0 Å². The molecule has 31 heavy (non-hydrogen) atoms. The zero-order valence-corrected chi connectivity index (χ0v) is 20.4. The number of phenolic OH excluding ortho intramolecular Hbond substituents is 2. The molecule has 0 aliphatic carbocycles. The van der Waals surface area contributed by atoms with Gasteiger partial charge in [-0.3, -0.25) is 4.79 Å². The van der Waals surface area contributed by atoms with Crippen LogP contribution in [0.1, 0.15) is 81.3 Å². The van der Waals surface area contributed by atoms with Crippen LogP contribution in [-0.4, -0.2) is 22.7 Å². The van der Waals surface area contributed by atoms with Crippen molar-refractivity contribution in [3.05, 3.63) is 57.6 Å². The Morgan fingerprint density at radius 2 is 1.23 bits per heavy atom. The van der Waals surface area contributed by atoms with Gasteiger partial charge in [-0.25, -0.2) is 0 Å². The molecular weight excluding hydrogens is 386 g/mol. The number of phenols is 2. The van der Waals surface area contributed by atoms with Crippen LogP contribution in [0.25, 0.3) is 0 Å². The van der Waals surface area contributed by atoms with Gasteiger partial charge in [0.1, 0.15) is 11.5 Å². The standard InChI is InChI=1S/C27H39NO3/c1-17-13-20(14-18(2)24(17)30)11-12-28-23(29)10-9-19-15-21(26(3,4)5)25(31)22(16-19)27(6,7)8/h13-16,30-31H,9-12H2,1-8H3,(H,28,29). The molecule has 0 atom stereocenters. The lowest BCUT2D eigenvalue weighted by Crippen LogP contribution is -2.26. The second-order valence-corrected chi connectivity index (χ2v) is 10.7. The smallest absolute Gasteiger partial charge is 0.220 e. The van der Waals surface area contributed by atoms with Gasteiger partial charge in [-0.05, 0) is 70.9 Å². The van der Waals surface area contributed by atoms with Gasteiger partial charge in [-0.15, -0.1) is 0 Å². The van der Waals surface area contributed by atoms with Crippen molar-refractivity contribution in [3.8, 4) is 11.5 Å². The van der Waals surface area contributed by atoms with Crippen LogP contribution < -0.4 is 5.32 Å². The Morgan fingerprint density at radius 3 is 1.68 bits per heavy atom. The molecule has 0 aromatic heterocycles. The first-order chi connectivity index (χ1) is 14.2. The van der Waals surface area contributed by atoms with Crippen LogP contribution >= 0.6 is 0 Å². The molecule has 170 valence electrons. The first-order valence-electron chi connectivity index (χ1n) is 11.1. The van der Waals surface area contributed by atoms with Crippen LogP contribution in [0.15, 0.2) is 24.3 Å². The van der Waals surface area contributed by atoms with Crippen molar-refractivity contribution in [2.45, 2.75) is 85.5 Å². The van der Waals surface area contributed by atoms with Gasteiger partial charge in [0.25, 0.3) is 0 Å². The van der Waals surface area contributed by atoms with Crippen molar-refractivity contribution >= 4 is 5.91 Å². The fourth-order valence-corrected chi connectivity index (χ4v) is 3.86. The highest BCUT2D eigenvalue weighted by atomic mass is 16.3. The number of carbonyl (C=O) groups excluding carboxylic acids is 1. The van der Waals surface area contributed by atoms with Crippen molar-refractivity contribution in [2.75, 3.05) is 6.54 Å². The van der Waals surface area contributed by atoms with Crippen LogP contribution in [0, 0.1) is 13.8 Å². The Labute approximate surface area is 187 Å². The molecule has 0 aliphatic rings. The first-order valence-corrected chi connectivity index (χ1v) is 11.1. The third-order valence-electron chi connectivity index (χ3n) is 5.71. The molecule has 0 saturated carbocycles. The minimum Gasteiger partial charge on any atom is -0.507 e. The van der Waals surface area contributed by atoms with Crippen LogP contribution in [0.3, 0.4) is 0 Å². The Morgan fingerprint density at radius 1 is 0.774 bits per heavy atom. The molecular formula is C27H39NO3.